The lowest BCUT2D eigenvalue weighted by molar-refractivity contribution is -0.246. The van der Waals surface area contributed by atoms with E-state index in [1.165, 1.54) is 0 Å². The average molecular weight is 154 g/mol. The molecule has 0 unspecified atom stereocenters. The predicted molar refractivity (Wildman–Crippen MR) is 34.6 cm³/mol. The molecule has 0 aromatic rings. The van der Waals surface area contributed by atoms with E-state index in [0.717, 1.165) is 0 Å². The summed E-state index contributed by atoms with van der Waals surface area (Å²) in [5, 5.41) is 23.1. The second-order valence-corrected chi connectivity index (χ2v) is 1.27. The summed E-state index contributed by atoms with van der Waals surface area (Å²) >= 11 is 0. The molecule has 64 valence electrons. The molecule has 0 aliphatic rings. The van der Waals surface area contributed by atoms with E-state index >= 15 is 0 Å². The van der Waals surface area contributed by atoms with Crippen molar-refractivity contribution in [3.63, 3.8) is 0 Å². The zero-order valence-corrected chi connectivity index (χ0v) is 5.99. The molecule has 0 saturated carbocycles. The molecule has 0 bridgehead atoms. The number of hydrogen-bond donors (Lipinski definition) is 3. The van der Waals surface area contributed by atoms with Crippen molar-refractivity contribution in [3.8, 4) is 0 Å². The van der Waals surface area contributed by atoms with Crippen LogP contribution in [0.15, 0.2) is 0 Å². The summed E-state index contributed by atoms with van der Waals surface area (Å²) in [6.07, 6.45) is 0. The lowest BCUT2D eigenvalue weighted by Crippen LogP contribution is -1.92. The lowest BCUT2D eigenvalue weighted by atomic mass is 10.8. The number of rotatable bonds is 4. The van der Waals surface area contributed by atoms with E-state index in [1.54, 1.807) is 7.11 Å². The van der Waals surface area contributed by atoms with Gasteiger partial charge in [-0.15, -0.1) is 0 Å². The maximum absolute atomic E-state index is 7.94. The minimum atomic E-state index is -0.128. The number of aliphatic hydroxyl groups is 2. The predicted octanol–water partition coefficient (Wildman–Crippen LogP) is -0.907. The Morgan fingerprint density at radius 1 is 1.10 bits per heavy atom. The normalized spacial score (nSPS) is 8.40. The fraction of sp³-hybridized carbons (Fsp3) is 1.00. The third-order valence-corrected chi connectivity index (χ3v) is 0.478. The lowest BCUT2D eigenvalue weighted by Gasteiger charge is -1.84. The van der Waals surface area contributed by atoms with E-state index in [4.69, 9.17) is 15.5 Å². The minimum Gasteiger partial charge on any atom is -0.394 e. The Balaban J connectivity index is 0. The summed E-state index contributed by atoms with van der Waals surface area (Å²) in [6.45, 7) is 0.437. The van der Waals surface area contributed by atoms with Crippen LogP contribution < -0.4 is 0 Å². The van der Waals surface area contributed by atoms with Crippen LogP contribution in [0.25, 0.3) is 0 Å². The summed E-state index contributed by atoms with van der Waals surface area (Å²) in [5.41, 5.74) is 0. The van der Waals surface area contributed by atoms with E-state index in [9.17, 15) is 0 Å². The van der Waals surface area contributed by atoms with E-state index in [0.29, 0.717) is 6.61 Å². The largest absolute Gasteiger partial charge is 0.394 e. The standard InChI is InChI=1S/C3H8O2.C2H6O3/c1-5-3-2-4;3-1-2-5-4/h4H,2-3H2,1H3;3-4H,1-2H2. The first-order valence-electron chi connectivity index (χ1n) is 2.80. The van der Waals surface area contributed by atoms with Gasteiger partial charge in [0.1, 0.15) is 6.61 Å². The Kier molecular flexibility index (Phi) is 19.9. The van der Waals surface area contributed by atoms with Gasteiger partial charge in [-0.25, -0.2) is 4.89 Å². The first-order valence-corrected chi connectivity index (χ1v) is 2.80. The summed E-state index contributed by atoms with van der Waals surface area (Å²) in [4.78, 5) is 3.44. The fourth-order valence-electron chi connectivity index (χ4n) is 0.132. The molecule has 3 N–H and O–H groups in total. The van der Waals surface area contributed by atoms with Crippen molar-refractivity contribution in [2.75, 3.05) is 33.5 Å². The first-order chi connectivity index (χ1) is 4.83. The molecule has 0 aliphatic carbocycles. The van der Waals surface area contributed by atoms with Crippen LogP contribution in [0.2, 0.25) is 0 Å². The van der Waals surface area contributed by atoms with Crippen LogP contribution in [0.3, 0.4) is 0 Å². The van der Waals surface area contributed by atoms with Gasteiger partial charge in [0.2, 0.25) is 0 Å². The second kappa shape index (κ2) is 15.9. The number of aliphatic hydroxyl groups excluding tert-OH is 2. The molecule has 0 saturated heterocycles. The molecule has 0 fully saturated rings. The van der Waals surface area contributed by atoms with E-state index in [-0.39, 0.29) is 19.8 Å². The van der Waals surface area contributed by atoms with Gasteiger partial charge in [-0.05, 0) is 0 Å². The highest BCUT2D eigenvalue weighted by molar-refractivity contribution is 4.13. The van der Waals surface area contributed by atoms with Gasteiger partial charge in [-0.1, -0.05) is 0 Å². The maximum atomic E-state index is 7.94. The Bertz CT molecular complexity index is 31.0. The van der Waals surface area contributed by atoms with Gasteiger partial charge in [-0.3, -0.25) is 5.26 Å². The van der Waals surface area contributed by atoms with Crippen LogP contribution in [0.4, 0.5) is 0 Å². The van der Waals surface area contributed by atoms with Crippen LogP contribution in [0.1, 0.15) is 0 Å². The third-order valence-electron chi connectivity index (χ3n) is 0.478. The molecule has 0 aromatic heterocycles. The molecule has 0 rings (SSSR count). The summed E-state index contributed by atoms with van der Waals surface area (Å²) in [5.74, 6) is 0. The summed E-state index contributed by atoms with van der Waals surface area (Å²) in [7, 11) is 1.55. The van der Waals surface area contributed by atoms with Gasteiger partial charge >= 0.3 is 0 Å². The van der Waals surface area contributed by atoms with Crippen molar-refractivity contribution >= 4 is 0 Å². The van der Waals surface area contributed by atoms with E-state index in [2.05, 4.69) is 9.62 Å². The number of ether oxygens (including phenoxy) is 1. The molecule has 10 heavy (non-hydrogen) atoms. The highest BCUT2D eigenvalue weighted by Crippen LogP contribution is 1.56. The molecule has 0 radical (unpaired) electrons. The number of hydrogen-bond acceptors (Lipinski definition) is 5. The molecule has 0 amide bonds. The maximum Gasteiger partial charge on any atom is 0.105 e. The molecule has 0 heterocycles. The molecule has 0 atom stereocenters. The molecule has 0 aliphatic heterocycles. The number of methoxy groups -OCH3 is 1. The topological polar surface area (TPSA) is 79.2 Å². The minimum absolute atomic E-state index is 0. The van der Waals surface area contributed by atoms with Crippen molar-refractivity contribution in [2.24, 2.45) is 0 Å². The Hall–Kier alpha value is -0.200. The molecular formula is C5H14O5. The molecule has 5 nitrogen and oxygen atoms in total. The van der Waals surface area contributed by atoms with Crippen LogP contribution in [-0.2, 0) is 9.62 Å². The van der Waals surface area contributed by atoms with Crippen molar-refractivity contribution in [3.05, 3.63) is 0 Å². The van der Waals surface area contributed by atoms with Gasteiger partial charge in [0.15, 0.2) is 0 Å². The Morgan fingerprint density at radius 2 is 1.60 bits per heavy atom. The zero-order chi connectivity index (χ0) is 8.24. The van der Waals surface area contributed by atoms with Crippen molar-refractivity contribution < 1.29 is 25.1 Å². The monoisotopic (exact) mass is 154 g/mol. The Morgan fingerprint density at radius 3 is 1.60 bits per heavy atom. The molecular weight excluding hydrogens is 140 g/mol. The van der Waals surface area contributed by atoms with Crippen LogP contribution in [0.5, 0.6) is 0 Å². The summed E-state index contributed by atoms with van der Waals surface area (Å²) in [6, 6.07) is 0. The van der Waals surface area contributed by atoms with Gasteiger partial charge < -0.3 is 14.9 Å². The van der Waals surface area contributed by atoms with Gasteiger partial charge in [-0.2, -0.15) is 0 Å². The van der Waals surface area contributed by atoms with Gasteiger partial charge in [0.25, 0.3) is 0 Å². The summed E-state index contributed by atoms with van der Waals surface area (Å²) < 4.78 is 4.44. The second-order valence-electron chi connectivity index (χ2n) is 1.27. The van der Waals surface area contributed by atoms with E-state index in [1.807, 2.05) is 0 Å². The van der Waals surface area contributed by atoms with Crippen LogP contribution in [0, 0.1) is 0 Å². The van der Waals surface area contributed by atoms with Crippen molar-refractivity contribution in [1.29, 1.82) is 0 Å². The quantitative estimate of drug-likeness (QED) is 0.361. The first kappa shape index (κ1) is 12.5. The third kappa shape index (κ3) is 25.0. The molecule has 5 heteroatoms. The van der Waals surface area contributed by atoms with Gasteiger partial charge in [0, 0.05) is 7.11 Å². The zero-order valence-electron chi connectivity index (χ0n) is 5.99. The SMILES string of the molecule is COCCO.OCCOO. The fourth-order valence-corrected chi connectivity index (χ4v) is 0.132. The van der Waals surface area contributed by atoms with Crippen molar-refractivity contribution in [1.82, 2.24) is 0 Å². The highest BCUT2D eigenvalue weighted by Gasteiger charge is 1.69. The van der Waals surface area contributed by atoms with Crippen molar-refractivity contribution in [2.45, 2.75) is 0 Å². The highest BCUT2D eigenvalue weighted by atomic mass is 17.1. The van der Waals surface area contributed by atoms with Crippen LogP contribution in [-0.4, -0.2) is 49.0 Å². The molecule has 0 spiro atoms. The average Bonchev–Trinajstić information content (AvgIpc) is 1.93. The smallest absolute Gasteiger partial charge is 0.105 e. The molecule has 0 aromatic carbocycles. The van der Waals surface area contributed by atoms with E-state index < -0.39 is 0 Å². The Labute approximate surface area is 59.7 Å². The van der Waals surface area contributed by atoms with Gasteiger partial charge in [0.05, 0.1) is 19.8 Å². The van der Waals surface area contributed by atoms with Crippen LogP contribution >= 0.6 is 0 Å².